The van der Waals surface area contributed by atoms with Crippen molar-refractivity contribution in [2.45, 2.75) is 39.5 Å². The summed E-state index contributed by atoms with van der Waals surface area (Å²) in [6.07, 6.45) is 5.92. The maximum atomic E-state index is 12.5. The summed E-state index contributed by atoms with van der Waals surface area (Å²) in [5.74, 6) is 0.0771. The first-order valence-electron chi connectivity index (χ1n) is 7.11. The zero-order valence-electron chi connectivity index (χ0n) is 11.7. The molecule has 0 bridgehead atoms. The molecule has 2 heterocycles. The predicted molar refractivity (Wildman–Crippen MR) is 76.3 cm³/mol. The van der Waals surface area contributed by atoms with Crippen LogP contribution in [0, 0.1) is 0 Å². The molecule has 0 aliphatic carbocycles. The summed E-state index contributed by atoms with van der Waals surface area (Å²) < 4.78 is 5.29. The topological polar surface area (TPSA) is 49.2 Å². The van der Waals surface area contributed by atoms with Crippen LogP contribution in [-0.4, -0.2) is 28.9 Å². The molecular formula is C15H22N2O2. The number of furan rings is 1. The molecule has 0 unspecified atom stereocenters. The molecule has 0 saturated heterocycles. The number of unbranched alkanes of at least 4 members (excludes halogenated alkanes) is 2. The molecule has 1 amide bonds. The lowest BCUT2D eigenvalue weighted by atomic mass is 10.2. The van der Waals surface area contributed by atoms with Crippen molar-refractivity contribution in [2.75, 3.05) is 13.1 Å². The summed E-state index contributed by atoms with van der Waals surface area (Å²) in [5.41, 5.74) is 2.25. The van der Waals surface area contributed by atoms with Crippen LogP contribution in [0.1, 0.15) is 50.0 Å². The zero-order chi connectivity index (χ0) is 13.7. The molecule has 4 heteroatoms. The Balaban J connectivity index is 2.10. The normalized spacial score (nSPS) is 11.1. The van der Waals surface area contributed by atoms with Crippen LogP contribution in [0.25, 0.3) is 11.1 Å². The highest BCUT2D eigenvalue weighted by atomic mass is 16.3. The number of H-pyrrole nitrogens is 1. The molecular weight excluding hydrogens is 240 g/mol. The number of carbonyl (C=O) groups excluding carboxylic acids is 1. The van der Waals surface area contributed by atoms with Crippen LogP contribution >= 0.6 is 0 Å². The van der Waals surface area contributed by atoms with Crippen LogP contribution in [0.4, 0.5) is 0 Å². The fourth-order valence-corrected chi connectivity index (χ4v) is 2.15. The first kappa shape index (κ1) is 13.7. The van der Waals surface area contributed by atoms with E-state index in [1.807, 2.05) is 11.0 Å². The molecule has 2 aromatic rings. The summed E-state index contributed by atoms with van der Waals surface area (Å²) in [6, 6.07) is 3.64. The van der Waals surface area contributed by atoms with Crippen LogP contribution in [0.3, 0.4) is 0 Å². The molecule has 0 aliphatic heterocycles. The van der Waals surface area contributed by atoms with Gasteiger partial charge in [0.15, 0.2) is 5.58 Å². The molecule has 1 N–H and O–H groups in total. The molecule has 0 fully saturated rings. The SMILES string of the molecule is CCCCN(CCCC)C(=O)c1cc2occc2[nH]1. The van der Waals surface area contributed by atoms with Gasteiger partial charge in [-0.1, -0.05) is 26.7 Å². The van der Waals surface area contributed by atoms with Crippen LogP contribution in [0.15, 0.2) is 22.8 Å². The van der Waals surface area contributed by atoms with E-state index in [-0.39, 0.29) is 5.91 Å². The van der Waals surface area contributed by atoms with Crippen molar-refractivity contribution in [3.63, 3.8) is 0 Å². The Hall–Kier alpha value is -1.71. The third kappa shape index (κ3) is 3.19. The van der Waals surface area contributed by atoms with E-state index in [4.69, 9.17) is 4.42 Å². The van der Waals surface area contributed by atoms with Crippen molar-refractivity contribution in [3.8, 4) is 0 Å². The molecule has 0 aliphatic rings. The molecule has 2 aromatic heterocycles. The van der Waals surface area contributed by atoms with E-state index in [2.05, 4.69) is 18.8 Å². The van der Waals surface area contributed by atoms with Crippen molar-refractivity contribution in [3.05, 3.63) is 24.1 Å². The van der Waals surface area contributed by atoms with E-state index in [9.17, 15) is 4.79 Å². The van der Waals surface area contributed by atoms with E-state index >= 15 is 0 Å². The number of nitrogens with zero attached hydrogens (tertiary/aromatic N) is 1. The molecule has 104 valence electrons. The fourth-order valence-electron chi connectivity index (χ4n) is 2.15. The van der Waals surface area contributed by atoms with E-state index in [0.29, 0.717) is 5.69 Å². The van der Waals surface area contributed by atoms with Gasteiger partial charge in [-0.15, -0.1) is 0 Å². The summed E-state index contributed by atoms with van der Waals surface area (Å²) in [7, 11) is 0. The van der Waals surface area contributed by atoms with Gasteiger partial charge < -0.3 is 14.3 Å². The van der Waals surface area contributed by atoms with Crippen LogP contribution in [0.5, 0.6) is 0 Å². The number of aromatic nitrogens is 1. The second kappa shape index (κ2) is 6.45. The average Bonchev–Trinajstić information content (AvgIpc) is 2.99. The van der Waals surface area contributed by atoms with Gasteiger partial charge in [0.1, 0.15) is 5.69 Å². The van der Waals surface area contributed by atoms with Gasteiger partial charge >= 0.3 is 0 Å². The van der Waals surface area contributed by atoms with E-state index in [1.165, 1.54) is 0 Å². The standard InChI is InChI=1S/C15H22N2O2/c1-3-5-8-17(9-6-4-2)15(18)13-11-14-12(16-13)7-10-19-14/h7,10-11,16H,3-6,8-9H2,1-2H3. The number of rotatable bonds is 7. The minimum Gasteiger partial charge on any atom is -0.463 e. The highest BCUT2D eigenvalue weighted by Gasteiger charge is 2.17. The minimum atomic E-state index is 0.0771. The maximum Gasteiger partial charge on any atom is 0.270 e. The molecule has 0 saturated carbocycles. The Bertz CT molecular complexity index is 490. The lowest BCUT2D eigenvalue weighted by Crippen LogP contribution is -2.33. The Labute approximate surface area is 113 Å². The van der Waals surface area contributed by atoms with Crippen molar-refractivity contribution in [1.29, 1.82) is 0 Å². The number of hydrogen-bond acceptors (Lipinski definition) is 2. The molecule has 0 spiro atoms. The number of amides is 1. The summed E-state index contributed by atoms with van der Waals surface area (Å²) in [5, 5.41) is 0. The third-order valence-corrected chi connectivity index (χ3v) is 3.32. The van der Waals surface area contributed by atoms with Crippen molar-refractivity contribution in [1.82, 2.24) is 9.88 Å². The van der Waals surface area contributed by atoms with E-state index in [0.717, 1.165) is 49.9 Å². The molecule has 0 radical (unpaired) electrons. The van der Waals surface area contributed by atoms with Gasteiger partial charge in [0.25, 0.3) is 5.91 Å². The third-order valence-electron chi connectivity index (χ3n) is 3.32. The number of aromatic amines is 1. The number of hydrogen-bond donors (Lipinski definition) is 1. The number of carbonyl (C=O) groups is 1. The quantitative estimate of drug-likeness (QED) is 0.825. The Morgan fingerprint density at radius 1 is 1.26 bits per heavy atom. The predicted octanol–water partition coefficient (Wildman–Crippen LogP) is 3.80. The highest BCUT2D eigenvalue weighted by molar-refractivity contribution is 5.96. The molecule has 4 nitrogen and oxygen atoms in total. The van der Waals surface area contributed by atoms with Crippen LogP contribution in [0.2, 0.25) is 0 Å². The molecule has 0 aromatic carbocycles. The van der Waals surface area contributed by atoms with Crippen LogP contribution in [-0.2, 0) is 0 Å². The number of nitrogens with one attached hydrogen (secondary N) is 1. The van der Waals surface area contributed by atoms with Gasteiger partial charge in [-0.3, -0.25) is 4.79 Å². The van der Waals surface area contributed by atoms with Gasteiger partial charge in [0, 0.05) is 25.2 Å². The summed E-state index contributed by atoms with van der Waals surface area (Å²) in [6.45, 7) is 5.94. The van der Waals surface area contributed by atoms with Gasteiger partial charge in [-0.25, -0.2) is 0 Å². The second-order valence-electron chi connectivity index (χ2n) is 4.88. The summed E-state index contributed by atoms with van der Waals surface area (Å²) >= 11 is 0. The lowest BCUT2D eigenvalue weighted by molar-refractivity contribution is 0.0746. The Morgan fingerprint density at radius 2 is 1.95 bits per heavy atom. The van der Waals surface area contributed by atoms with Gasteiger partial charge in [0.2, 0.25) is 0 Å². The molecule has 0 atom stereocenters. The van der Waals surface area contributed by atoms with E-state index in [1.54, 1.807) is 12.3 Å². The maximum absolute atomic E-state index is 12.5. The monoisotopic (exact) mass is 262 g/mol. The molecule has 19 heavy (non-hydrogen) atoms. The zero-order valence-corrected chi connectivity index (χ0v) is 11.7. The minimum absolute atomic E-state index is 0.0771. The smallest absolute Gasteiger partial charge is 0.270 e. The van der Waals surface area contributed by atoms with Crippen LogP contribution < -0.4 is 0 Å². The van der Waals surface area contributed by atoms with Gasteiger partial charge in [-0.2, -0.15) is 0 Å². The first-order valence-corrected chi connectivity index (χ1v) is 7.11. The highest BCUT2D eigenvalue weighted by Crippen LogP contribution is 2.17. The average molecular weight is 262 g/mol. The van der Waals surface area contributed by atoms with Crippen molar-refractivity contribution in [2.24, 2.45) is 0 Å². The number of fused-ring (bicyclic) bond motifs is 1. The van der Waals surface area contributed by atoms with Gasteiger partial charge in [0.05, 0.1) is 11.8 Å². The largest absolute Gasteiger partial charge is 0.463 e. The molecule has 2 rings (SSSR count). The first-order chi connectivity index (χ1) is 9.26. The van der Waals surface area contributed by atoms with Crippen molar-refractivity contribution >= 4 is 17.0 Å². The lowest BCUT2D eigenvalue weighted by Gasteiger charge is -2.21. The summed E-state index contributed by atoms with van der Waals surface area (Å²) in [4.78, 5) is 17.5. The fraction of sp³-hybridized carbons (Fsp3) is 0.533. The Kier molecular flexibility index (Phi) is 4.66. The Morgan fingerprint density at radius 3 is 2.53 bits per heavy atom. The van der Waals surface area contributed by atoms with E-state index < -0.39 is 0 Å². The van der Waals surface area contributed by atoms with Gasteiger partial charge in [-0.05, 0) is 12.8 Å². The second-order valence-corrected chi connectivity index (χ2v) is 4.88. The van der Waals surface area contributed by atoms with Crippen molar-refractivity contribution < 1.29 is 9.21 Å².